The van der Waals surface area contributed by atoms with Crippen LogP contribution < -0.4 is 38.4 Å². The van der Waals surface area contributed by atoms with Gasteiger partial charge in [-0.25, -0.2) is 0 Å². The zero-order valence-corrected chi connectivity index (χ0v) is 41.3. The molecule has 6 aromatic carbocycles. The van der Waals surface area contributed by atoms with Crippen LogP contribution in [0.15, 0.2) is 167 Å². The first-order chi connectivity index (χ1) is 35.2. The summed E-state index contributed by atoms with van der Waals surface area (Å²) in [5.41, 5.74) is 6.02. The minimum absolute atomic E-state index is 0. The van der Waals surface area contributed by atoms with Crippen LogP contribution in [0.2, 0.25) is 0 Å². The number of ketones is 2. The molecule has 13 heteroatoms. The summed E-state index contributed by atoms with van der Waals surface area (Å²) in [5.74, 6) is 2.16. The summed E-state index contributed by atoms with van der Waals surface area (Å²) in [5, 5.41) is 3.52. The van der Waals surface area contributed by atoms with E-state index in [1.807, 2.05) is 146 Å². The largest absolute Gasteiger partial charge is 2.00 e. The molecule has 0 saturated carbocycles. The van der Waals surface area contributed by atoms with E-state index in [4.69, 9.17) is 48.4 Å². The Balaban J connectivity index is 0.00000543. The third-order valence-corrected chi connectivity index (χ3v) is 14.8. The van der Waals surface area contributed by atoms with Gasteiger partial charge in [0, 0.05) is 11.1 Å². The molecule has 5 aliphatic rings. The van der Waals surface area contributed by atoms with E-state index < -0.39 is 10.8 Å². The average molecular weight is 1010 g/mol. The van der Waals surface area contributed by atoms with Gasteiger partial charge in [0.05, 0.1) is 70.9 Å². The van der Waals surface area contributed by atoms with Gasteiger partial charge in [-0.3, -0.25) is 19.6 Å². The van der Waals surface area contributed by atoms with Gasteiger partial charge < -0.3 is 38.4 Å². The number of fused-ring (bicyclic) bond motifs is 12. The Morgan fingerprint density at radius 1 is 0.438 bits per heavy atom. The van der Waals surface area contributed by atoms with Crippen LogP contribution in [0.1, 0.15) is 65.7 Å². The van der Waals surface area contributed by atoms with E-state index in [1.165, 1.54) is 0 Å². The first-order valence-electron chi connectivity index (χ1n) is 23.3. The maximum absolute atomic E-state index is 15.8. The molecule has 2 aromatic heterocycles. The van der Waals surface area contributed by atoms with Crippen LogP contribution in [0.5, 0.6) is 34.5 Å². The Labute approximate surface area is 429 Å². The second-order valence-corrected chi connectivity index (χ2v) is 18.0. The third-order valence-electron chi connectivity index (χ3n) is 14.8. The zero-order valence-electron chi connectivity index (χ0n) is 40.2. The molecule has 359 valence electrons. The molecule has 0 N–H and O–H groups in total. The Morgan fingerprint density at radius 2 is 0.822 bits per heavy atom. The molecule has 0 amide bonds. The molecule has 5 heterocycles. The molecule has 3 aliphatic heterocycles. The van der Waals surface area contributed by atoms with Crippen molar-refractivity contribution in [2.75, 3.05) is 42.7 Å². The van der Waals surface area contributed by atoms with E-state index in [-0.39, 0.29) is 28.3 Å². The molecule has 1 radical (unpaired) electrons. The van der Waals surface area contributed by atoms with Crippen molar-refractivity contribution in [2.45, 2.75) is 10.8 Å². The number of aromatic nitrogens is 2. The van der Waals surface area contributed by atoms with Gasteiger partial charge >= 0.3 is 16.8 Å². The number of rotatable bonds is 8. The molecule has 73 heavy (non-hydrogen) atoms. The van der Waals surface area contributed by atoms with E-state index >= 15 is 9.59 Å². The zero-order chi connectivity index (χ0) is 49.2. The number of ether oxygens (including phenoxy) is 6. The summed E-state index contributed by atoms with van der Waals surface area (Å²) in [7, 11) is 9.38. The number of Topliss-reactive ketones (excluding diaryl/α,β-unsaturated/α-hetero) is 2. The summed E-state index contributed by atoms with van der Waals surface area (Å²) in [6.07, 6.45) is 7.63. The molecule has 2 atom stereocenters. The summed E-state index contributed by atoms with van der Waals surface area (Å²) >= 11 is 0. The first-order valence-corrected chi connectivity index (χ1v) is 23.3. The molecule has 12 nitrogen and oxygen atoms in total. The summed E-state index contributed by atoms with van der Waals surface area (Å²) < 4.78 is 35.2. The molecular formula is C60H42CoN4O8. The van der Waals surface area contributed by atoms with Gasteiger partial charge in [0.2, 0.25) is 11.5 Å². The van der Waals surface area contributed by atoms with Crippen LogP contribution in [0.25, 0.3) is 32.7 Å². The van der Waals surface area contributed by atoms with Gasteiger partial charge in [0.15, 0.2) is 34.6 Å². The Hall–Kier alpha value is -8.65. The maximum atomic E-state index is 15.8. The van der Waals surface area contributed by atoms with Gasteiger partial charge in [0.1, 0.15) is 5.41 Å². The van der Waals surface area contributed by atoms with E-state index in [2.05, 4.69) is 0 Å². The number of hydrogen-bond acceptors (Lipinski definition) is 10. The first kappa shape index (κ1) is 45.5. The normalized spacial score (nSPS) is 19.8. The van der Waals surface area contributed by atoms with Crippen LogP contribution in [-0.2, 0) is 27.6 Å². The van der Waals surface area contributed by atoms with Gasteiger partial charge in [-0.1, -0.05) is 97.1 Å². The molecular weight excluding hydrogens is 964 g/mol. The van der Waals surface area contributed by atoms with Crippen LogP contribution >= 0.6 is 0 Å². The van der Waals surface area contributed by atoms with E-state index in [9.17, 15) is 0 Å². The van der Waals surface area contributed by atoms with Crippen molar-refractivity contribution in [1.29, 1.82) is 0 Å². The van der Waals surface area contributed by atoms with Gasteiger partial charge in [-0.2, -0.15) is 0 Å². The minimum atomic E-state index is -1.50. The number of methoxy groups -OCH3 is 6. The predicted octanol–water partition coefficient (Wildman–Crippen LogP) is 10.2. The predicted molar refractivity (Wildman–Crippen MR) is 275 cm³/mol. The van der Waals surface area contributed by atoms with Crippen molar-refractivity contribution in [3.8, 4) is 34.5 Å². The van der Waals surface area contributed by atoms with Crippen molar-refractivity contribution >= 4 is 55.7 Å². The Bertz CT molecular complexity index is 3750. The number of allylic oxidation sites excluding steroid dienone is 4. The number of carbonyl (C=O) groups excluding carboxylic acids is 2. The number of hydrogen-bond donors (Lipinski definition) is 0. The van der Waals surface area contributed by atoms with Crippen molar-refractivity contribution in [2.24, 2.45) is 9.98 Å². The molecule has 2 unspecified atom stereocenters. The topological polar surface area (TPSA) is 142 Å². The van der Waals surface area contributed by atoms with Gasteiger partial charge in [0.25, 0.3) is 0 Å². The number of nitrogens with zero attached hydrogens (tertiary/aromatic N) is 4. The quantitative estimate of drug-likeness (QED) is 0.144. The number of aliphatic imine (C=N–C) groups is 2. The van der Waals surface area contributed by atoms with Crippen LogP contribution in [-0.4, -0.2) is 65.6 Å². The molecule has 13 rings (SSSR count). The van der Waals surface area contributed by atoms with E-state index in [0.717, 1.165) is 32.7 Å². The molecule has 8 aromatic rings. The molecule has 0 saturated heterocycles. The smallest absolute Gasteiger partial charge is 0.659 e. The minimum Gasteiger partial charge on any atom is -0.659 e. The van der Waals surface area contributed by atoms with Crippen LogP contribution in [0.4, 0.5) is 0 Å². The Kier molecular flexibility index (Phi) is 10.4. The number of benzene rings is 6. The van der Waals surface area contributed by atoms with Crippen molar-refractivity contribution in [3.63, 3.8) is 0 Å². The summed E-state index contributed by atoms with van der Waals surface area (Å²) in [4.78, 5) is 53.6. The van der Waals surface area contributed by atoms with Crippen molar-refractivity contribution < 1.29 is 54.8 Å². The van der Waals surface area contributed by atoms with E-state index in [0.29, 0.717) is 113 Å². The summed E-state index contributed by atoms with van der Waals surface area (Å²) in [6, 6.07) is 38.6. The van der Waals surface area contributed by atoms with Crippen molar-refractivity contribution in [1.82, 2.24) is 9.97 Å². The third kappa shape index (κ3) is 6.00. The monoisotopic (exact) mass is 1010 g/mol. The SMILES string of the molecule is COc1cc(C2=C3C=CC(=N3)C3(C(=O)c4cccc5cccc3c45)C3=N/C(=C(/c4cc(OC)c(OC)c(OC)c4)c4ccc([n-]4)C4(C(=O)c5cccc6cccc4c56)c4ccc2[n-]4)C=C3)cc(OC)c1OC.[Co+2]. The fraction of sp³-hybridized carbons (Fsp3) is 0.133. The second kappa shape index (κ2) is 16.7. The van der Waals surface area contributed by atoms with Crippen LogP contribution in [0, 0.1) is 0 Å². The molecule has 2 spiro atoms. The molecule has 0 fully saturated rings. The average Bonchev–Trinajstić information content (AvgIpc) is 4.31. The second-order valence-electron chi connectivity index (χ2n) is 18.0. The molecule has 2 aliphatic carbocycles. The molecule has 8 bridgehead atoms. The van der Waals surface area contributed by atoms with Gasteiger partial charge in [-0.05, 0) is 104 Å². The fourth-order valence-corrected chi connectivity index (χ4v) is 11.8. The van der Waals surface area contributed by atoms with Gasteiger partial charge in [-0.15, -0.1) is 22.8 Å². The number of carbonyl (C=O) groups is 2. The van der Waals surface area contributed by atoms with Crippen molar-refractivity contribution in [3.05, 3.63) is 213 Å². The maximum Gasteiger partial charge on any atom is 2.00 e. The standard InChI is InChI=1S/C60H42N4O8.Co/c1-67-43-27-33(28-44(68-2)55(43)71-5)53-39-19-23-47(61-39)59(37-17-9-13-31-11-7-15-35(51(31)37)57(59)65)49-25-21-41(63-49)54(34-29-45(69-3)56(72-6)46(30-34)70-4)42-22-26-50(64-42)60(48-24-20-40(53)62-48)38-18-10-14-32-12-8-16-36(52(32)38)58(60)66;/h7-30H,1-6H3;/q-2;+2. The van der Waals surface area contributed by atoms with Crippen LogP contribution in [0.3, 0.4) is 0 Å². The fourth-order valence-electron chi connectivity index (χ4n) is 11.8. The summed E-state index contributed by atoms with van der Waals surface area (Å²) in [6.45, 7) is 0. The Morgan fingerprint density at radius 3 is 1.22 bits per heavy atom. The van der Waals surface area contributed by atoms with E-state index in [1.54, 1.807) is 42.7 Å².